The van der Waals surface area contributed by atoms with Crippen LogP contribution in [0.25, 0.3) is 0 Å². The highest BCUT2D eigenvalue weighted by Gasteiger charge is 2.26. The van der Waals surface area contributed by atoms with E-state index in [1.54, 1.807) is 7.11 Å². The van der Waals surface area contributed by atoms with Crippen LogP contribution in [-0.2, 0) is 11.3 Å². The number of benzene rings is 1. The molecule has 1 saturated carbocycles. The van der Waals surface area contributed by atoms with Crippen LogP contribution < -0.4 is 20.3 Å². The van der Waals surface area contributed by atoms with Gasteiger partial charge in [0.05, 0.1) is 7.11 Å². The summed E-state index contributed by atoms with van der Waals surface area (Å²) < 4.78 is 5.23. The predicted molar refractivity (Wildman–Crippen MR) is 115 cm³/mol. The van der Waals surface area contributed by atoms with Crippen LogP contribution in [0.5, 0.6) is 5.75 Å². The lowest BCUT2D eigenvalue weighted by Crippen LogP contribution is -2.36. The summed E-state index contributed by atoms with van der Waals surface area (Å²) in [5.74, 6) is 2.56. The van der Waals surface area contributed by atoms with Gasteiger partial charge < -0.3 is 20.3 Å². The molecule has 0 spiro atoms. The summed E-state index contributed by atoms with van der Waals surface area (Å²) in [7, 11) is 5.59. The molecule has 7 heteroatoms. The van der Waals surface area contributed by atoms with Gasteiger partial charge in [-0.05, 0) is 50.3 Å². The molecule has 1 aromatic carbocycles. The number of carbonyl (C=O) groups excluding carboxylic acids is 1. The number of rotatable bonds is 7. The maximum Gasteiger partial charge on any atom is 0.225 e. The molecule has 0 unspecified atom stereocenters. The van der Waals surface area contributed by atoms with Gasteiger partial charge in [-0.2, -0.15) is 4.98 Å². The van der Waals surface area contributed by atoms with Crippen molar-refractivity contribution in [2.45, 2.75) is 45.2 Å². The molecule has 1 amide bonds. The summed E-state index contributed by atoms with van der Waals surface area (Å²) >= 11 is 0. The van der Waals surface area contributed by atoms with Crippen molar-refractivity contribution < 1.29 is 9.53 Å². The Hall–Kier alpha value is -2.83. The molecule has 0 radical (unpaired) electrons. The van der Waals surface area contributed by atoms with Crippen LogP contribution in [0.15, 0.2) is 30.3 Å². The van der Waals surface area contributed by atoms with Gasteiger partial charge in [0, 0.05) is 44.4 Å². The Labute approximate surface area is 172 Å². The van der Waals surface area contributed by atoms with Gasteiger partial charge >= 0.3 is 0 Å². The number of aromatic nitrogens is 2. The quantitative estimate of drug-likeness (QED) is 0.747. The van der Waals surface area contributed by atoms with E-state index in [4.69, 9.17) is 4.74 Å². The first kappa shape index (κ1) is 20.9. The zero-order valence-corrected chi connectivity index (χ0v) is 17.7. The maximum atomic E-state index is 12.6. The Morgan fingerprint density at radius 1 is 1.17 bits per heavy atom. The Bertz CT molecular complexity index is 832. The minimum Gasteiger partial charge on any atom is -0.497 e. The zero-order chi connectivity index (χ0) is 20.8. The van der Waals surface area contributed by atoms with Crippen molar-refractivity contribution in [3.8, 4) is 5.75 Å². The lowest BCUT2D eigenvalue weighted by molar-refractivity contribution is -0.126. The second-order valence-corrected chi connectivity index (χ2v) is 7.85. The molecule has 29 heavy (non-hydrogen) atoms. The number of aryl methyl sites for hydroxylation is 1. The molecule has 0 saturated heterocycles. The second kappa shape index (κ2) is 9.58. The summed E-state index contributed by atoms with van der Waals surface area (Å²) in [6.07, 6.45) is 3.61. The van der Waals surface area contributed by atoms with E-state index in [9.17, 15) is 4.79 Å². The molecule has 1 heterocycles. The van der Waals surface area contributed by atoms with Crippen LogP contribution in [-0.4, -0.2) is 43.1 Å². The van der Waals surface area contributed by atoms with E-state index in [2.05, 4.69) is 20.6 Å². The van der Waals surface area contributed by atoms with Crippen molar-refractivity contribution in [2.24, 2.45) is 5.92 Å². The van der Waals surface area contributed by atoms with Crippen molar-refractivity contribution in [2.75, 3.05) is 31.4 Å². The fraction of sp³-hybridized carbons (Fsp3) is 0.500. The first-order valence-electron chi connectivity index (χ1n) is 10.1. The van der Waals surface area contributed by atoms with E-state index in [1.165, 1.54) is 0 Å². The number of hydrogen-bond acceptors (Lipinski definition) is 6. The number of anilines is 2. The van der Waals surface area contributed by atoms with E-state index in [0.717, 1.165) is 48.5 Å². The van der Waals surface area contributed by atoms with Gasteiger partial charge in [-0.1, -0.05) is 12.1 Å². The monoisotopic (exact) mass is 397 g/mol. The van der Waals surface area contributed by atoms with Gasteiger partial charge in [0.1, 0.15) is 11.6 Å². The van der Waals surface area contributed by atoms with E-state index in [-0.39, 0.29) is 11.8 Å². The molecule has 7 nitrogen and oxygen atoms in total. The molecule has 2 N–H and O–H groups in total. The van der Waals surface area contributed by atoms with Crippen molar-refractivity contribution in [3.63, 3.8) is 0 Å². The lowest BCUT2D eigenvalue weighted by atomic mass is 9.85. The predicted octanol–water partition coefficient (Wildman–Crippen LogP) is 3.15. The fourth-order valence-electron chi connectivity index (χ4n) is 3.64. The molecule has 1 aliphatic carbocycles. The molecule has 0 aliphatic heterocycles. The van der Waals surface area contributed by atoms with Crippen LogP contribution in [0.3, 0.4) is 0 Å². The molecular weight excluding hydrogens is 366 g/mol. The summed E-state index contributed by atoms with van der Waals surface area (Å²) in [6.45, 7) is 2.50. The number of amides is 1. The van der Waals surface area contributed by atoms with Crippen LogP contribution >= 0.6 is 0 Å². The number of carbonyl (C=O) groups is 1. The van der Waals surface area contributed by atoms with Gasteiger partial charge in [0.2, 0.25) is 11.9 Å². The summed E-state index contributed by atoms with van der Waals surface area (Å²) in [6, 6.07) is 10.0. The van der Waals surface area contributed by atoms with Crippen LogP contribution in [0, 0.1) is 12.8 Å². The molecule has 156 valence electrons. The van der Waals surface area contributed by atoms with Gasteiger partial charge in [-0.15, -0.1) is 0 Å². The van der Waals surface area contributed by atoms with E-state index < -0.39 is 0 Å². The summed E-state index contributed by atoms with van der Waals surface area (Å²) in [4.78, 5) is 23.6. The molecule has 1 fully saturated rings. The molecular formula is C22H31N5O2. The average Bonchev–Trinajstić information content (AvgIpc) is 2.72. The maximum absolute atomic E-state index is 12.6. The number of nitrogens with one attached hydrogen (secondary N) is 2. The Kier molecular flexibility index (Phi) is 6.90. The Morgan fingerprint density at radius 2 is 1.93 bits per heavy atom. The highest BCUT2D eigenvalue weighted by Crippen LogP contribution is 2.27. The van der Waals surface area contributed by atoms with Gasteiger partial charge in [0.25, 0.3) is 0 Å². The highest BCUT2D eigenvalue weighted by molar-refractivity contribution is 5.78. The van der Waals surface area contributed by atoms with Crippen LogP contribution in [0.2, 0.25) is 0 Å². The third-order valence-corrected chi connectivity index (χ3v) is 5.33. The number of nitrogens with zero attached hydrogens (tertiary/aromatic N) is 3. The Morgan fingerprint density at radius 3 is 2.62 bits per heavy atom. The highest BCUT2D eigenvalue weighted by atomic mass is 16.5. The third kappa shape index (κ3) is 5.82. The minimum absolute atomic E-state index is 0.0643. The third-order valence-electron chi connectivity index (χ3n) is 5.33. The van der Waals surface area contributed by atoms with E-state index in [1.807, 2.05) is 56.3 Å². The molecule has 1 aliphatic rings. The number of methoxy groups -OCH3 is 1. The SMILES string of the molecule is COc1cccc(CNC(=O)C2CCC(Nc3nc(C)cc(N(C)C)n3)CC2)c1. The van der Waals surface area contributed by atoms with Gasteiger partial charge in [0.15, 0.2) is 0 Å². The topological polar surface area (TPSA) is 79.4 Å². The minimum atomic E-state index is 0.0643. The van der Waals surface area contributed by atoms with Gasteiger partial charge in [-0.25, -0.2) is 4.98 Å². The summed E-state index contributed by atoms with van der Waals surface area (Å²) in [5.41, 5.74) is 1.98. The van der Waals surface area contributed by atoms with Crippen molar-refractivity contribution in [3.05, 3.63) is 41.6 Å². The number of hydrogen-bond donors (Lipinski definition) is 2. The van der Waals surface area contributed by atoms with Crippen molar-refractivity contribution in [1.29, 1.82) is 0 Å². The smallest absolute Gasteiger partial charge is 0.225 e. The largest absolute Gasteiger partial charge is 0.497 e. The molecule has 3 rings (SSSR count). The van der Waals surface area contributed by atoms with Crippen LogP contribution in [0.4, 0.5) is 11.8 Å². The molecule has 1 aromatic heterocycles. The normalized spacial score (nSPS) is 18.8. The zero-order valence-electron chi connectivity index (χ0n) is 17.7. The first-order valence-corrected chi connectivity index (χ1v) is 10.1. The second-order valence-electron chi connectivity index (χ2n) is 7.85. The summed E-state index contributed by atoms with van der Waals surface area (Å²) in [5, 5.41) is 6.52. The van der Waals surface area contributed by atoms with E-state index >= 15 is 0 Å². The van der Waals surface area contributed by atoms with Crippen molar-refractivity contribution in [1.82, 2.24) is 15.3 Å². The molecule has 2 aromatic rings. The Balaban J connectivity index is 1.48. The van der Waals surface area contributed by atoms with Crippen LogP contribution in [0.1, 0.15) is 36.9 Å². The first-order chi connectivity index (χ1) is 13.9. The van der Waals surface area contributed by atoms with Crippen molar-refractivity contribution >= 4 is 17.7 Å². The van der Waals surface area contributed by atoms with Gasteiger partial charge in [-0.3, -0.25) is 4.79 Å². The molecule has 0 bridgehead atoms. The standard InChI is InChI=1S/C22H31N5O2/c1-15-12-20(27(2)3)26-22(24-15)25-18-10-8-17(9-11-18)21(28)23-14-16-6-5-7-19(13-16)29-4/h5-7,12-13,17-18H,8-11,14H2,1-4H3,(H,23,28)(H,24,25,26). The molecule has 0 atom stereocenters. The average molecular weight is 398 g/mol. The number of ether oxygens (including phenoxy) is 1. The lowest BCUT2D eigenvalue weighted by Gasteiger charge is -2.28. The van der Waals surface area contributed by atoms with E-state index in [0.29, 0.717) is 18.5 Å². The fourth-order valence-corrected chi connectivity index (χ4v) is 3.64.